The van der Waals surface area contributed by atoms with Crippen LogP contribution in [0.1, 0.15) is 16.7 Å². The number of nitrogens with one attached hydrogen (secondary N) is 2. The van der Waals surface area contributed by atoms with E-state index in [1.165, 1.54) is 12.1 Å². The zero-order valence-electron chi connectivity index (χ0n) is 15.2. The van der Waals surface area contributed by atoms with Crippen molar-refractivity contribution >= 4 is 16.9 Å². The Hall–Kier alpha value is -3.55. The van der Waals surface area contributed by atoms with E-state index in [4.69, 9.17) is 4.74 Å². The summed E-state index contributed by atoms with van der Waals surface area (Å²) in [6, 6.07) is 12.5. The standard InChI is InChI=1S/C21H17F3N4O/c22-21(23,24)16-6-3-14(4-7-16)10-26-19-8-5-15(11-27-19)13-29-18-12-28-20-17(18)2-1-9-25-20/h1-9,11-12H,10,13H2,(H,25,28)(H,26,27). The minimum absolute atomic E-state index is 0.355. The van der Waals surface area contributed by atoms with Gasteiger partial charge in [0.2, 0.25) is 0 Å². The fourth-order valence-corrected chi connectivity index (χ4v) is 2.83. The molecule has 148 valence electrons. The molecule has 0 aliphatic carbocycles. The van der Waals surface area contributed by atoms with Crippen LogP contribution in [0, 0.1) is 0 Å². The van der Waals surface area contributed by atoms with Gasteiger partial charge in [0.15, 0.2) is 0 Å². The number of hydrogen-bond donors (Lipinski definition) is 2. The predicted octanol–water partition coefficient (Wildman–Crippen LogP) is 5.17. The number of fused-ring (bicyclic) bond motifs is 1. The number of H-pyrrole nitrogens is 1. The molecular formula is C21H17F3N4O. The molecule has 0 aliphatic rings. The van der Waals surface area contributed by atoms with Crippen molar-refractivity contribution in [2.75, 3.05) is 5.32 Å². The van der Waals surface area contributed by atoms with E-state index >= 15 is 0 Å². The quantitative estimate of drug-likeness (QED) is 0.471. The topological polar surface area (TPSA) is 62.8 Å². The number of halogens is 3. The van der Waals surface area contributed by atoms with Gasteiger partial charge in [0.05, 0.1) is 10.9 Å². The maximum atomic E-state index is 12.6. The van der Waals surface area contributed by atoms with Gasteiger partial charge in [0, 0.05) is 30.7 Å². The lowest BCUT2D eigenvalue weighted by Gasteiger charge is -2.09. The lowest BCUT2D eigenvalue weighted by atomic mass is 10.1. The molecule has 0 atom stereocenters. The molecule has 0 unspecified atom stereocenters. The lowest BCUT2D eigenvalue weighted by molar-refractivity contribution is -0.137. The number of aromatic amines is 1. The molecule has 4 rings (SSSR count). The van der Waals surface area contributed by atoms with Crippen LogP contribution in [0.2, 0.25) is 0 Å². The average Bonchev–Trinajstić information content (AvgIpc) is 3.14. The van der Waals surface area contributed by atoms with E-state index in [0.29, 0.717) is 19.0 Å². The van der Waals surface area contributed by atoms with Gasteiger partial charge in [0.1, 0.15) is 23.8 Å². The molecule has 1 aromatic carbocycles. The van der Waals surface area contributed by atoms with Crippen LogP contribution in [0.4, 0.5) is 19.0 Å². The number of aromatic nitrogens is 3. The SMILES string of the molecule is FC(F)(F)c1ccc(CNc2ccc(COc3c[nH]c4ncccc34)cn2)cc1. The summed E-state index contributed by atoms with van der Waals surface area (Å²) in [6.07, 6.45) is 0.852. The predicted molar refractivity (Wildman–Crippen MR) is 103 cm³/mol. The summed E-state index contributed by atoms with van der Waals surface area (Å²) in [5.41, 5.74) is 1.74. The summed E-state index contributed by atoms with van der Waals surface area (Å²) in [5, 5.41) is 4.01. The number of hydrogen-bond acceptors (Lipinski definition) is 4. The summed E-state index contributed by atoms with van der Waals surface area (Å²) in [7, 11) is 0. The molecule has 29 heavy (non-hydrogen) atoms. The third kappa shape index (κ3) is 4.48. The largest absolute Gasteiger partial charge is 0.487 e. The van der Waals surface area contributed by atoms with E-state index in [1.54, 1.807) is 24.7 Å². The average molecular weight is 398 g/mol. The van der Waals surface area contributed by atoms with Crippen molar-refractivity contribution in [3.63, 3.8) is 0 Å². The smallest absolute Gasteiger partial charge is 0.416 e. The molecule has 3 aromatic heterocycles. The number of anilines is 1. The zero-order valence-corrected chi connectivity index (χ0v) is 15.2. The highest BCUT2D eigenvalue weighted by molar-refractivity contribution is 5.82. The zero-order chi connectivity index (χ0) is 20.3. The summed E-state index contributed by atoms with van der Waals surface area (Å²) in [6.45, 7) is 0.733. The van der Waals surface area contributed by atoms with E-state index < -0.39 is 11.7 Å². The highest BCUT2D eigenvalue weighted by Gasteiger charge is 2.29. The molecule has 8 heteroatoms. The van der Waals surface area contributed by atoms with E-state index in [0.717, 1.165) is 40.0 Å². The Morgan fingerprint density at radius 3 is 2.48 bits per heavy atom. The van der Waals surface area contributed by atoms with Crippen LogP contribution >= 0.6 is 0 Å². The monoisotopic (exact) mass is 398 g/mol. The molecule has 0 amide bonds. The van der Waals surface area contributed by atoms with E-state index in [2.05, 4.69) is 20.3 Å². The molecule has 0 aliphatic heterocycles. The third-order valence-electron chi connectivity index (χ3n) is 4.39. The maximum absolute atomic E-state index is 12.6. The molecule has 0 fully saturated rings. The molecule has 0 radical (unpaired) electrons. The van der Waals surface area contributed by atoms with E-state index in [9.17, 15) is 13.2 Å². The van der Waals surface area contributed by atoms with Crippen LogP contribution < -0.4 is 10.1 Å². The van der Waals surface area contributed by atoms with Crippen LogP contribution in [0.3, 0.4) is 0 Å². The number of rotatable bonds is 6. The van der Waals surface area contributed by atoms with Gasteiger partial charge in [-0.1, -0.05) is 18.2 Å². The van der Waals surface area contributed by atoms with Gasteiger partial charge in [-0.3, -0.25) is 0 Å². The molecule has 2 N–H and O–H groups in total. The Morgan fingerprint density at radius 2 is 1.76 bits per heavy atom. The molecule has 3 heterocycles. The first-order valence-electron chi connectivity index (χ1n) is 8.89. The fourth-order valence-electron chi connectivity index (χ4n) is 2.83. The van der Waals surface area contributed by atoms with Gasteiger partial charge in [-0.25, -0.2) is 9.97 Å². The highest BCUT2D eigenvalue weighted by Crippen LogP contribution is 2.29. The summed E-state index contributed by atoms with van der Waals surface area (Å²) >= 11 is 0. The van der Waals surface area contributed by atoms with Crippen molar-refractivity contribution < 1.29 is 17.9 Å². The normalized spacial score (nSPS) is 11.6. The van der Waals surface area contributed by atoms with Gasteiger partial charge in [-0.05, 0) is 35.9 Å². The van der Waals surface area contributed by atoms with Crippen LogP contribution in [-0.2, 0) is 19.3 Å². The van der Waals surface area contributed by atoms with Crippen LogP contribution in [0.25, 0.3) is 11.0 Å². The Labute approximate surface area is 164 Å². The van der Waals surface area contributed by atoms with Gasteiger partial charge < -0.3 is 15.0 Å². The van der Waals surface area contributed by atoms with Crippen LogP contribution in [0.5, 0.6) is 5.75 Å². The number of pyridine rings is 2. The lowest BCUT2D eigenvalue weighted by Crippen LogP contribution is -2.06. The number of ether oxygens (including phenoxy) is 1. The van der Waals surface area contributed by atoms with Gasteiger partial charge >= 0.3 is 6.18 Å². The number of alkyl halides is 3. The minimum atomic E-state index is -4.32. The van der Waals surface area contributed by atoms with Crippen molar-refractivity contribution in [3.05, 3.63) is 83.8 Å². The van der Waals surface area contributed by atoms with Gasteiger partial charge in [0.25, 0.3) is 0 Å². The molecule has 5 nitrogen and oxygen atoms in total. The van der Waals surface area contributed by atoms with Crippen molar-refractivity contribution in [1.29, 1.82) is 0 Å². The fraction of sp³-hybridized carbons (Fsp3) is 0.143. The molecule has 0 bridgehead atoms. The maximum Gasteiger partial charge on any atom is 0.416 e. The van der Waals surface area contributed by atoms with Crippen molar-refractivity contribution in [2.24, 2.45) is 0 Å². The van der Waals surface area contributed by atoms with Crippen molar-refractivity contribution in [2.45, 2.75) is 19.3 Å². The second-order valence-electron chi connectivity index (χ2n) is 6.44. The Kier molecular flexibility index (Phi) is 5.07. The number of benzene rings is 1. The molecule has 0 saturated carbocycles. The molecular weight excluding hydrogens is 381 g/mol. The van der Waals surface area contributed by atoms with Crippen molar-refractivity contribution in [3.8, 4) is 5.75 Å². The highest BCUT2D eigenvalue weighted by atomic mass is 19.4. The summed E-state index contributed by atoms with van der Waals surface area (Å²) in [4.78, 5) is 11.6. The van der Waals surface area contributed by atoms with E-state index in [1.807, 2.05) is 18.2 Å². The van der Waals surface area contributed by atoms with Gasteiger partial charge in [-0.15, -0.1) is 0 Å². The second kappa shape index (κ2) is 7.83. The Balaban J connectivity index is 1.32. The Morgan fingerprint density at radius 1 is 0.966 bits per heavy atom. The molecule has 0 saturated heterocycles. The van der Waals surface area contributed by atoms with E-state index in [-0.39, 0.29) is 0 Å². The first-order chi connectivity index (χ1) is 14.0. The van der Waals surface area contributed by atoms with Crippen LogP contribution in [0.15, 0.2) is 67.1 Å². The van der Waals surface area contributed by atoms with Crippen LogP contribution in [-0.4, -0.2) is 15.0 Å². The molecule has 0 spiro atoms. The second-order valence-corrected chi connectivity index (χ2v) is 6.44. The minimum Gasteiger partial charge on any atom is -0.487 e. The third-order valence-corrected chi connectivity index (χ3v) is 4.39. The summed E-state index contributed by atoms with van der Waals surface area (Å²) < 4.78 is 43.6. The van der Waals surface area contributed by atoms with Crippen molar-refractivity contribution in [1.82, 2.24) is 15.0 Å². The first kappa shape index (κ1) is 18.8. The summed E-state index contributed by atoms with van der Waals surface area (Å²) in [5.74, 6) is 1.35. The Bertz CT molecular complexity index is 1090. The first-order valence-corrected chi connectivity index (χ1v) is 8.89. The molecule has 4 aromatic rings. The number of nitrogens with zero attached hydrogens (tertiary/aromatic N) is 2. The van der Waals surface area contributed by atoms with Gasteiger partial charge in [-0.2, -0.15) is 13.2 Å².